The lowest BCUT2D eigenvalue weighted by molar-refractivity contribution is 0.655. The van der Waals surface area contributed by atoms with E-state index in [-0.39, 0.29) is 5.56 Å². The Morgan fingerprint density at radius 2 is 1.71 bits per heavy atom. The highest BCUT2D eigenvalue weighted by atomic mass is 127. The van der Waals surface area contributed by atoms with Gasteiger partial charge >= 0.3 is 0 Å². The van der Waals surface area contributed by atoms with Crippen LogP contribution in [0.2, 0.25) is 0 Å². The number of hydrogen-bond donors (Lipinski definition) is 0. The second-order valence-electron chi connectivity index (χ2n) is 7.64. The second-order valence-corrected chi connectivity index (χ2v) is 8.89. The topological polar surface area (TPSA) is 38.1 Å². The molecular formula is C26H24IN3O. The van der Waals surface area contributed by atoms with Crippen molar-refractivity contribution in [2.75, 3.05) is 19.0 Å². The zero-order valence-corrected chi connectivity index (χ0v) is 19.8. The van der Waals surface area contributed by atoms with E-state index >= 15 is 0 Å². The van der Waals surface area contributed by atoms with Crippen molar-refractivity contribution in [2.24, 2.45) is 0 Å². The van der Waals surface area contributed by atoms with E-state index < -0.39 is 0 Å². The van der Waals surface area contributed by atoms with Gasteiger partial charge in [-0.3, -0.25) is 9.36 Å². The molecule has 0 spiro atoms. The molecule has 3 aromatic carbocycles. The summed E-state index contributed by atoms with van der Waals surface area (Å²) in [6, 6.07) is 24.4. The molecule has 156 valence electrons. The minimum absolute atomic E-state index is 0.00190. The summed E-state index contributed by atoms with van der Waals surface area (Å²) < 4.78 is 2.82. The maximum absolute atomic E-state index is 13.3. The molecule has 5 heteroatoms. The van der Waals surface area contributed by atoms with Gasteiger partial charge in [-0.1, -0.05) is 48.5 Å². The number of nitrogens with zero attached hydrogens (tertiary/aromatic N) is 3. The van der Waals surface area contributed by atoms with Gasteiger partial charge in [-0.05, 0) is 76.5 Å². The van der Waals surface area contributed by atoms with Gasteiger partial charge in [0, 0.05) is 29.9 Å². The molecule has 0 saturated carbocycles. The summed E-state index contributed by atoms with van der Waals surface area (Å²) in [5, 5.41) is 0.660. The molecule has 0 bridgehead atoms. The molecule has 0 amide bonds. The lowest BCUT2D eigenvalue weighted by atomic mass is 10.1. The highest BCUT2D eigenvalue weighted by molar-refractivity contribution is 14.1. The lowest BCUT2D eigenvalue weighted by Crippen LogP contribution is -2.25. The Morgan fingerprint density at radius 3 is 2.42 bits per heavy atom. The van der Waals surface area contributed by atoms with Gasteiger partial charge in [0.1, 0.15) is 5.82 Å². The molecule has 0 atom stereocenters. The summed E-state index contributed by atoms with van der Waals surface area (Å²) in [6.07, 6.45) is 4.73. The Hall–Kier alpha value is -2.93. The molecule has 0 aliphatic carbocycles. The van der Waals surface area contributed by atoms with Crippen molar-refractivity contribution in [3.05, 3.63) is 104 Å². The van der Waals surface area contributed by atoms with E-state index in [4.69, 9.17) is 4.98 Å². The molecule has 0 saturated heterocycles. The number of fused-ring (bicyclic) bond motifs is 1. The van der Waals surface area contributed by atoms with E-state index in [1.807, 2.05) is 62.6 Å². The van der Waals surface area contributed by atoms with Crippen molar-refractivity contribution in [3.8, 4) is 0 Å². The van der Waals surface area contributed by atoms with Crippen LogP contribution in [0.4, 0.5) is 5.69 Å². The standard InChI is InChI=1S/C26H24IN3O/c1-29(2)22-12-8-20(9-13-22)10-15-25-28-24-14-11-21(27)18-23(24)26(31)30(25)17-16-19-6-4-3-5-7-19/h3-15,18H,16-17H2,1-2H3/b15-10+. The minimum atomic E-state index is 0.00190. The van der Waals surface area contributed by atoms with Crippen LogP contribution >= 0.6 is 22.6 Å². The Balaban J connectivity index is 1.73. The number of aromatic nitrogens is 2. The van der Waals surface area contributed by atoms with Gasteiger partial charge in [-0.2, -0.15) is 0 Å². The van der Waals surface area contributed by atoms with E-state index in [9.17, 15) is 4.79 Å². The van der Waals surface area contributed by atoms with Gasteiger partial charge < -0.3 is 4.90 Å². The van der Waals surface area contributed by atoms with Crippen LogP contribution < -0.4 is 10.5 Å². The van der Waals surface area contributed by atoms with Crippen molar-refractivity contribution in [3.63, 3.8) is 0 Å². The molecule has 0 aliphatic heterocycles. The van der Waals surface area contributed by atoms with Crippen LogP contribution in [-0.4, -0.2) is 23.6 Å². The van der Waals surface area contributed by atoms with Crippen LogP contribution in [-0.2, 0) is 13.0 Å². The van der Waals surface area contributed by atoms with Crippen LogP contribution in [0, 0.1) is 3.57 Å². The Labute approximate surface area is 196 Å². The number of halogens is 1. The van der Waals surface area contributed by atoms with Crippen LogP contribution in [0.5, 0.6) is 0 Å². The molecule has 0 aliphatic rings. The molecular weight excluding hydrogens is 497 g/mol. The third-order valence-electron chi connectivity index (χ3n) is 5.25. The van der Waals surface area contributed by atoms with Gasteiger partial charge in [0.15, 0.2) is 0 Å². The highest BCUT2D eigenvalue weighted by Crippen LogP contribution is 2.17. The Morgan fingerprint density at radius 1 is 0.968 bits per heavy atom. The molecule has 1 heterocycles. The monoisotopic (exact) mass is 521 g/mol. The predicted octanol–water partition coefficient (Wildman–Crippen LogP) is 5.48. The quantitative estimate of drug-likeness (QED) is 0.316. The summed E-state index contributed by atoms with van der Waals surface area (Å²) in [7, 11) is 4.05. The van der Waals surface area contributed by atoms with Gasteiger partial charge in [-0.15, -0.1) is 0 Å². The van der Waals surface area contributed by atoms with E-state index in [2.05, 4.69) is 63.9 Å². The fourth-order valence-electron chi connectivity index (χ4n) is 3.49. The number of hydrogen-bond acceptors (Lipinski definition) is 3. The molecule has 0 unspecified atom stereocenters. The molecule has 0 radical (unpaired) electrons. The van der Waals surface area contributed by atoms with Crippen LogP contribution in [0.25, 0.3) is 23.1 Å². The van der Waals surface area contributed by atoms with E-state index in [1.54, 1.807) is 4.57 Å². The van der Waals surface area contributed by atoms with Crippen molar-refractivity contribution < 1.29 is 0 Å². The third-order valence-corrected chi connectivity index (χ3v) is 5.92. The Bertz CT molecular complexity index is 1280. The van der Waals surface area contributed by atoms with Gasteiger partial charge in [0.05, 0.1) is 10.9 Å². The third kappa shape index (κ3) is 5.05. The first-order valence-corrected chi connectivity index (χ1v) is 11.3. The highest BCUT2D eigenvalue weighted by Gasteiger charge is 2.10. The average Bonchev–Trinajstić information content (AvgIpc) is 2.78. The number of anilines is 1. The molecule has 4 rings (SSSR count). The van der Waals surface area contributed by atoms with E-state index in [0.29, 0.717) is 17.8 Å². The zero-order valence-electron chi connectivity index (χ0n) is 17.6. The second kappa shape index (κ2) is 9.47. The fourth-order valence-corrected chi connectivity index (χ4v) is 3.98. The van der Waals surface area contributed by atoms with Crippen LogP contribution in [0.15, 0.2) is 77.6 Å². The van der Waals surface area contributed by atoms with E-state index in [1.165, 1.54) is 5.56 Å². The number of rotatable bonds is 6. The average molecular weight is 521 g/mol. The molecule has 4 aromatic rings. The minimum Gasteiger partial charge on any atom is -0.378 e. The molecule has 4 nitrogen and oxygen atoms in total. The number of benzene rings is 3. The maximum atomic E-state index is 13.3. The molecule has 1 aromatic heterocycles. The Kier molecular flexibility index (Phi) is 6.51. The fraction of sp³-hybridized carbons (Fsp3) is 0.154. The first-order valence-electron chi connectivity index (χ1n) is 10.2. The summed E-state index contributed by atoms with van der Waals surface area (Å²) >= 11 is 2.23. The van der Waals surface area contributed by atoms with Crippen molar-refractivity contribution >= 4 is 51.3 Å². The zero-order chi connectivity index (χ0) is 21.8. The SMILES string of the molecule is CN(C)c1ccc(/C=C/c2nc3ccc(I)cc3c(=O)n2CCc2ccccc2)cc1. The maximum Gasteiger partial charge on any atom is 0.261 e. The van der Waals surface area contributed by atoms with Crippen molar-refractivity contribution in [1.82, 2.24) is 9.55 Å². The lowest BCUT2D eigenvalue weighted by Gasteiger charge is -2.12. The summed E-state index contributed by atoms with van der Waals surface area (Å²) in [6.45, 7) is 0.580. The number of aryl methyl sites for hydroxylation is 1. The normalized spacial score (nSPS) is 11.3. The summed E-state index contributed by atoms with van der Waals surface area (Å²) in [4.78, 5) is 20.2. The molecule has 0 N–H and O–H groups in total. The predicted molar refractivity (Wildman–Crippen MR) is 139 cm³/mol. The summed E-state index contributed by atoms with van der Waals surface area (Å²) in [5.41, 5.74) is 4.14. The van der Waals surface area contributed by atoms with Gasteiger partial charge in [0.2, 0.25) is 0 Å². The van der Waals surface area contributed by atoms with Crippen LogP contribution in [0.3, 0.4) is 0 Å². The molecule has 0 fully saturated rings. The van der Waals surface area contributed by atoms with Crippen molar-refractivity contribution in [2.45, 2.75) is 13.0 Å². The first-order chi connectivity index (χ1) is 15.0. The van der Waals surface area contributed by atoms with Gasteiger partial charge in [-0.25, -0.2) is 4.98 Å². The van der Waals surface area contributed by atoms with Crippen LogP contribution in [0.1, 0.15) is 17.0 Å². The van der Waals surface area contributed by atoms with Crippen molar-refractivity contribution in [1.29, 1.82) is 0 Å². The molecule has 31 heavy (non-hydrogen) atoms. The summed E-state index contributed by atoms with van der Waals surface area (Å²) in [5.74, 6) is 0.673. The van der Waals surface area contributed by atoms with Gasteiger partial charge in [0.25, 0.3) is 5.56 Å². The largest absolute Gasteiger partial charge is 0.378 e. The smallest absolute Gasteiger partial charge is 0.261 e. The first kappa shape index (κ1) is 21.3. The van der Waals surface area contributed by atoms with E-state index in [0.717, 1.165) is 26.8 Å².